The summed E-state index contributed by atoms with van der Waals surface area (Å²) >= 11 is 0. The normalized spacial score (nSPS) is 33.5. The second-order valence-electron chi connectivity index (χ2n) is 4.19. The van der Waals surface area contributed by atoms with E-state index in [9.17, 15) is 9.59 Å². The van der Waals surface area contributed by atoms with E-state index < -0.39 is 42.8 Å². The van der Waals surface area contributed by atoms with Gasteiger partial charge >= 0.3 is 11.9 Å². The van der Waals surface area contributed by atoms with Gasteiger partial charge in [0, 0.05) is 35.2 Å². The molecule has 0 aromatic heterocycles. The fraction of sp³-hybridized carbons (Fsp3) is 0.833. The van der Waals surface area contributed by atoms with Crippen LogP contribution in [0.15, 0.2) is 0 Å². The predicted octanol–water partition coefficient (Wildman–Crippen LogP) is -0.160. The van der Waals surface area contributed by atoms with Crippen molar-refractivity contribution in [1.29, 1.82) is 0 Å². The van der Waals surface area contributed by atoms with Gasteiger partial charge in [-0.15, -0.1) is 0 Å². The van der Waals surface area contributed by atoms with E-state index in [1.165, 1.54) is 35.2 Å². The summed E-state index contributed by atoms with van der Waals surface area (Å²) in [6.45, 7) is 2.47. The van der Waals surface area contributed by atoms with Crippen molar-refractivity contribution in [3.05, 3.63) is 0 Å². The highest BCUT2D eigenvalue weighted by molar-refractivity contribution is 5.66. The first kappa shape index (κ1) is 16.8. The number of hydrogen-bond acceptors (Lipinski definition) is 8. The summed E-state index contributed by atoms with van der Waals surface area (Å²) in [5, 5.41) is 0. The third kappa shape index (κ3) is 3.89. The van der Waals surface area contributed by atoms with Gasteiger partial charge in [-0.3, -0.25) is 14.3 Å². The Labute approximate surface area is 117 Å². The molecule has 0 aromatic rings. The second-order valence-corrected chi connectivity index (χ2v) is 4.19. The second kappa shape index (κ2) is 7.53. The summed E-state index contributed by atoms with van der Waals surface area (Å²) in [6, 6.07) is 0. The van der Waals surface area contributed by atoms with Crippen molar-refractivity contribution in [3.8, 4) is 0 Å². The molecule has 0 aliphatic carbocycles. The molecular formula is C12H20O8. The Balaban J connectivity index is 2.97. The van der Waals surface area contributed by atoms with Gasteiger partial charge in [-0.1, -0.05) is 0 Å². The standard InChI is InChI=1S/C12H20O8/c1-6(13)18-11-9(16-4)8(15-3)10(17-5)12(20-11)19-7(2)14/h8-12H,1-5H3/t8?,9-,10+,11?,12?. The molecule has 0 N–H and O–H groups in total. The number of carbonyl (C=O) groups excluding carboxylic acids is 2. The van der Waals surface area contributed by atoms with Gasteiger partial charge in [-0.25, -0.2) is 0 Å². The molecule has 3 unspecified atom stereocenters. The molecule has 1 aliphatic rings. The van der Waals surface area contributed by atoms with Crippen molar-refractivity contribution in [2.75, 3.05) is 21.3 Å². The van der Waals surface area contributed by atoms with Gasteiger partial charge in [0.15, 0.2) is 0 Å². The van der Waals surface area contributed by atoms with Crippen LogP contribution < -0.4 is 0 Å². The molecule has 0 bridgehead atoms. The van der Waals surface area contributed by atoms with E-state index in [2.05, 4.69) is 0 Å². The van der Waals surface area contributed by atoms with Crippen molar-refractivity contribution in [2.45, 2.75) is 44.7 Å². The molecule has 1 heterocycles. The molecule has 116 valence electrons. The fourth-order valence-electron chi connectivity index (χ4n) is 2.06. The van der Waals surface area contributed by atoms with Crippen molar-refractivity contribution >= 4 is 11.9 Å². The van der Waals surface area contributed by atoms with Crippen molar-refractivity contribution < 1.29 is 38.0 Å². The minimum atomic E-state index is -1.06. The topological polar surface area (TPSA) is 89.5 Å². The number of hydrogen-bond donors (Lipinski definition) is 0. The van der Waals surface area contributed by atoms with Crippen LogP contribution >= 0.6 is 0 Å². The SMILES string of the molecule is COC1[C@H](OC)C(OC(C)=O)OC(OC(C)=O)[C@@H]1OC. The Morgan fingerprint density at radius 3 is 1.35 bits per heavy atom. The smallest absolute Gasteiger partial charge is 0.305 e. The van der Waals surface area contributed by atoms with Crippen LogP contribution in [0.25, 0.3) is 0 Å². The van der Waals surface area contributed by atoms with E-state index >= 15 is 0 Å². The highest BCUT2D eigenvalue weighted by Gasteiger charge is 2.50. The minimum absolute atomic E-state index is 0.552. The predicted molar refractivity (Wildman–Crippen MR) is 64.6 cm³/mol. The summed E-state index contributed by atoms with van der Waals surface area (Å²) in [4.78, 5) is 22.2. The Morgan fingerprint density at radius 1 is 0.750 bits per heavy atom. The van der Waals surface area contributed by atoms with Crippen LogP contribution in [-0.4, -0.2) is 64.2 Å². The Morgan fingerprint density at radius 2 is 1.10 bits per heavy atom. The lowest BCUT2D eigenvalue weighted by atomic mass is 10.0. The van der Waals surface area contributed by atoms with Crippen molar-refractivity contribution in [1.82, 2.24) is 0 Å². The summed E-state index contributed by atoms with van der Waals surface area (Å²) in [7, 11) is 4.30. The number of esters is 2. The van der Waals surface area contributed by atoms with Crippen LogP contribution in [0.3, 0.4) is 0 Å². The molecule has 0 spiro atoms. The zero-order valence-electron chi connectivity index (χ0n) is 12.2. The first-order chi connectivity index (χ1) is 9.44. The highest BCUT2D eigenvalue weighted by Crippen LogP contribution is 2.28. The first-order valence-corrected chi connectivity index (χ1v) is 6.02. The van der Waals surface area contributed by atoms with E-state index in [-0.39, 0.29) is 0 Å². The van der Waals surface area contributed by atoms with Crippen molar-refractivity contribution in [2.24, 2.45) is 0 Å². The Hall–Kier alpha value is -1.22. The van der Waals surface area contributed by atoms with Gasteiger partial charge in [0.1, 0.15) is 18.3 Å². The molecule has 0 amide bonds. The fourth-order valence-corrected chi connectivity index (χ4v) is 2.06. The lowest BCUT2D eigenvalue weighted by Crippen LogP contribution is -2.61. The van der Waals surface area contributed by atoms with Gasteiger partial charge in [0.05, 0.1) is 0 Å². The highest BCUT2D eigenvalue weighted by atomic mass is 16.8. The summed E-state index contributed by atoms with van der Waals surface area (Å²) in [5.41, 5.74) is 0. The molecule has 0 radical (unpaired) electrons. The zero-order valence-corrected chi connectivity index (χ0v) is 12.2. The maximum Gasteiger partial charge on any atom is 0.305 e. The molecule has 8 nitrogen and oxygen atoms in total. The largest absolute Gasteiger partial charge is 0.433 e. The van der Waals surface area contributed by atoms with E-state index in [1.807, 2.05) is 0 Å². The van der Waals surface area contributed by atoms with Gasteiger partial charge < -0.3 is 23.7 Å². The third-order valence-electron chi connectivity index (χ3n) is 2.83. The molecule has 20 heavy (non-hydrogen) atoms. The van der Waals surface area contributed by atoms with E-state index in [0.717, 1.165) is 0 Å². The van der Waals surface area contributed by atoms with E-state index in [4.69, 9.17) is 28.4 Å². The molecule has 1 fully saturated rings. The Bertz CT molecular complexity index is 314. The maximum atomic E-state index is 11.1. The van der Waals surface area contributed by atoms with Gasteiger partial charge in [0.2, 0.25) is 12.6 Å². The van der Waals surface area contributed by atoms with Crippen LogP contribution in [0.1, 0.15) is 13.8 Å². The average Bonchev–Trinajstić information content (AvgIpc) is 2.36. The van der Waals surface area contributed by atoms with Gasteiger partial charge in [-0.05, 0) is 0 Å². The lowest BCUT2D eigenvalue weighted by Gasteiger charge is -2.43. The maximum absolute atomic E-state index is 11.1. The molecule has 1 rings (SSSR count). The van der Waals surface area contributed by atoms with E-state index in [1.54, 1.807) is 0 Å². The van der Waals surface area contributed by atoms with E-state index in [0.29, 0.717) is 0 Å². The molecule has 0 aromatic carbocycles. The van der Waals surface area contributed by atoms with Crippen LogP contribution in [0, 0.1) is 0 Å². The summed E-state index contributed by atoms with van der Waals surface area (Å²) < 4.78 is 31.3. The number of rotatable bonds is 5. The average molecular weight is 292 g/mol. The lowest BCUT2D eigenvalue weighted by molar-refractivity contribution is -0.342. The number of methoxy groups -OCH3 is 3. The number of carbonyl (C=O) groups is 2. The van der Waals surface area contributed by atoms with Crippen LogP contribution in [-0.2, 0) is 38.0 Å². The quantitative estimate of drug-likeness (QED) is 0.646. The molecule has 0 saturated carbocycles. The van der Waals surface area contributed by atoms with Crippen LogP contribution in [0.5, 0.6) is 0 Å². The monoisotopic (exact) mass is 292 g/mol. The molecule has 1 saturated heterocycles. The molecule has 5 atom stereocenters. The number of ether oxygens (including phenoxy) is 6. The van der Waals surface area contributed by atoms with Crippen LogP contribution in [0.2, 0.25) is 0 Å². The third-order valence-corrected chi connectivity index (χ3v) is 2.83. The minimum Gasteiger partial charge on any atom is -0.433 e. The van der Waals surface area contributed by atoms with Gasteiger partial charge in [-0.2, -0.15) is 0 Å². The van der Waals surface area contributed by atoms with Crippen LogP contribution in [0.4, 0.5) is 0 Å². The molecular weight excluding hydrogens is 272 g/mol. The zero-order chi connectivity index (χ0) is 15.3. The Kier molecular flexibility index (Phi) is 6.34. The summed E-state index contributed by atoms with van der Waals surface area (Å²) in [5.74, 6) is -1.10. The molecule has 8 heteroatoms. The molecule has 1 aliphatic heterocycles. The van der Waals surface area contributed by atoms with Gasteiger partial charge in [0.25, 0.3) is 0 Å². The van der Waals surface area contributed by atoms with Crippen molar-refractivity contribution in [3.63, 3.8) is 0 Å². The first-order valence-electron chi connectivity index (χ1n) is 6.02. The summed E-state index contributed by atoms with van der Waals surface area (Å²) in [6.07, 6.45) is -4.16.